The van der Waals surface area contributed by atoms with Gasteiger partial charge in [0.15, 0.2) is 5.75 Å². The molecule has 3 rings (SSSR count). The van der Waals surface area contributed by atoms with Gasteiger partial charge >= 0.3 is 11.9 Å². The van der Waals surface area contributed by atoms with Crippen molar-refractivity contribution in [3.05, 3.63) is 39.9 Å². The first-order chi connectivity index (χ1) is 13.2. The molecule has 1 aromatic heterocycles. The summed E-state index contributed by atoms with van der Waals surface area (Å²) in [5.74, 6) is -0.652. The van der Waals surface area contributed by atoms with E-state index in [0.717, 1.165) is 0 Å². The number of carbonyl (C=O) groups excluding carboxylic acids is 2. The van der Waals surface area contributed by atoms with Gasteiger partial charge < -0.3 is 14.0 Å². The van der Waals surface area contributed by atoms with Crippen LogP contribution in [0.15, 0.2) is 28.8 Å². The molecule has 0 atom stereocenters. The van der Waals surface area contributed by atoms with Gasteiger partial charge in [-0.05, 0) is 24.1 Å². The quantitative estimate of drug-likeness (QED) is 0.392. The minimum Gasteiger partial charge on any atom is -0.426 e. The highest BCUT2D eigenvalue weighted by atomic mass is 35.5. The van der Waals surface area contributed by atoms with Gasteiger partial charge in [-0.1, -0.05) is 48.3 Å². The molecule has 0 saturated heterocycles. The Morgan fingerprint density at radius 2 is 1.68 bits per heavy atom. The predicted octanol–water partition coefficient (Wildman–Crippen LogP) is 5.78. The van der Waals surface area contributed by atoms with Crippen LogP contribution < -0.4 is 9.47 Å². The third kappa shape index (κ3) is 3.70. The number of benzene rings is 2. The maximum atomic E-state index is 11.7. The Morgan fingerprint density at radius 3 is 2.21 bits per heavy atom. The van der Waals surface area contributed by atoms with Crippen molar-refractivity contribution in [2.45, 2.75) is 33.6 Å². The minimum atomic E-state index is -0.520. The fourth-order valence-corrected chi connectivity index (χ4v) is 3.47. The number of ether oxygens (including phenoxy) is 2. The Bertz CT molecular complexity index is 1070. The highest BCUT2D eigenvalue weighted by Crippen LogP contribution is 2.47. The molecule has 1 heterocycles. The second-order valence-corrected chi connectivity index (χ2v) is 7.28. The van der Waals surface area contributed by atoms with E-state index >= 15 is 0 Å². The summed E-state index contributed by atoms with van der Waals surface area (Å²) in [6.07, 6.45) is 0. The Hall–Kier alpha value is -2.57. The van der Waals surface area contributed by atoms with Crippen molar-refractivity contribution in [2.24, 2.45) is 0 Å². The average molecular weight is 422 g/mol. The number of hydrogen-bond donors (Lipinski definition) is 0. The Labute approximate surface area is 171 Å². The SMILES string of the molecule is CC(=O)Oc1c(C(C)C)cc(OC(C)=O)c2c(-c3c(Cl)cccc3Cl)noc12. The van der Waals surface area contributed by atoms with Gasteiger partial charge in [0.25, 0.3) is 0 Å². The van der Waals surface area contributed by atoms with Gasteiger partial charge in [0, 0.05) is 25.0 Å². The zero-order valence-corrected chi connectivity index (χ0v) is 17.1. The highest BCUT2D eigenvalue weighted by molar-refractivity contribution is 6.39. The van der Waals surface area contributed by atoms with Crippen LogP contribution in [0.5, 0.6) is 11.5 Å². The standard InChI is InChI=1S/C20H17Cl2NO5/c1-9(2)12-8-15(26-10(3)24)17-18(16-13(21)6-5-7-14(16)22)23-28-20(17)19(12)27-11(4)25/h5-9H,1-4H3. The van der Waals surface area contributed by atoms with Crippen LogP contribution in [0, 0.1) is 0 Å². The van der Waals surface area contributed by atoms with Crippen LogP contribution in [0.1, 0.15) is 39.2 Å². The van der Waals surface area contributed by atoms with Crippen molar-refractivity contribution in [3.63, 3.8) is 0 Å². The van der Waals surface area contributed by atoms with E-state index in [2.05, 4.69) is 5.16 Å². The molecule has 8 heteroatoms. The molecule has 0 saturated carbocycles. The normalized spacial score (nSPS) is 11.1. The lowest BCUT2D eigenvalue weighted by Crippen LogP contribution is -2.07. The monoisotopic (exact) mass is 421 g/mol. The van der Waals surface area contributed by atoms with Crippen molar-refractivity contribution in [2.75, 3.05) is 0 Å². The maximum absolute atomic E-state index is 11.7. The molecule has 0 aliphatic rings. The summed E-state index contributed by atoms with van der Waals surface area (Å²) in [6, 6.07) is 6.65. The lowest BCUT2D eigenvalue weighted by atomic mass is 9.98. The molecule has 146 valence electrons. The molecule has 28 heavy (non-hydrogen) atoms. The summed E-state index contributed by atoms with van der Waals surface area (Å²) in [5, 5.41) is 5.13. The van der Waals surface area contributed by atoms with Crippen molar-refractivity contribution in [3.8, 4) is 22.8 Å². The van der Waals surface area contributed by atoms with Gasteiger partial charge in [0.05, 0.1) is 15.4 Å². The van der Waals surface area contributed by atoms with Gasteiger partial charge in [-0.25, -0.2) is 0 Å². The van der Waals surface area contributed by atoms with Gasteiger partial charge in [-0.15, -0.1) is 0 Å². The molecule has 0 aliphatic carbocycles. The number of carbonyl (C=O) groups is 2. The van der Waals surface area contributed by atoms with E-state index in [1.807, 2.05) is 13.8 Å². The molecule has 0 aliphatic heterocycles. The van der Waals surface area contributed by atoms with Crippen molar-refractivity contribution >= 4 is 46.1 Å². The second kappa shape index (κ2) is 7.81. The largest absolute Gasteiger partial charge is 0.426 e. The summed E-state index contributed by atoms with van der Waals surface area (Å²) >= 11 is 12.7. The van der Waals surface area contributed by atoms with Gasteiger partial charge in [0.1, 0.15) is 11.4 Å². The molecule has 0 unspecified atom stereocenters. The lowest BCUT2D eigenvalue weighted by Gasteiger charge is -2.15. The second-order valence-electron chi connectivity index (χ2n) is 6.47. The van der Waals surface area contributed by atoms with Crippen LogP contribution in [-0.2, 0) is 9.59 Å². The fourth-order valence-electron chi connectivity index (χ4n) is 2.89. The minimum absolute atomic E-state index is 0.0505. The first-order valence-corrected chi connectivity index (χ1v) is 9.23. The summed E-state index contributed by atoms with van der Waals surface area (Å²) < 4.78 is 16.3. The first kappa shape index (κ1) is 20.2. The van der Waals surface area contributed by atoms with Crippen LogP contribution in [0.2, 0.25) is 10.0 Å². The van der Waals surface area contributed by atoms with Gasteiger partial charge in [0.2, 0.25) is 5.58 Å². The van der Waals surface area contributed by atoms with E-state index in [9.17, 15) is 9.59 Å². The van der Waals surface area contributed by atoms with Crippen LogP contribution >= 0.6 is 23.2 Å². The lowest BCUT2D eigenvalue weighted by molar-refractivity contribution is -0.133. The Kier molecular flexibility index (Phi) is 5.63. The summed E-state index contributed by atoms with van der Waals surface area (Å²) in [5.41, 5.74) is 1.50. The van der Waals surface area contributed by atoms with Crippen molar-refractivity contribution < 1.29 is 23.6 Å². The fraction of sp³-hybridized carbons (Fsp3) is 0.250. The number of aromatic nitrogens is 1. The Balaban J connectivity index is 2.43. The van der Waals surface area contributed by atoms with E-state index in [1.165, 1.54) is 13.8 Å². The molecule has 0 spiro atoms. The van der Waals surface area contributed by atoms with E-state index in [-0.39, 0.29) is 28.7 Å². The topological polar surface area (TPSA) is 78.6 Å². The Morgan fingerprint density at radius 1 is 1.07 bits per heavy atom. The number of hydrogen-bond acceptors (Lipinski definition) is 6. The van der Waals surface area contributed by atoms with E-state index in [4.69, 9.17) is 37.2 Å². The van der Waals surface area contributed by atoms with Crippen LogP contribution in [0.3, 0.4) is 0 Å². The van der Waals surface area contributed by atoms with E-state index in [0.29, 0.717) is 26.6 Å². The number of halogens is 2. The van der Waals surface area contributed by atoms with Crippen LogP contribution in [0.25, 0.3) is 22.2 Å². The molecular formula is C20H17Cl2NO5. The third-order valence-corrected chi connectivity index (χ3v) is 4.64. The molecule has 0 N–H and O–H groups in total. The van der Waals surface area contributed by atoms with E-state index < -0.39 is 11.9 Å². The maximum Gasteiger partial charge on any atom is 0.308 e. The van der Waals surface area contributed by atoms with E-state index in [1.54, 1.807) is 24.3 Å². The zero-order chi connectivity index (χ0) is 20.6. The first-order valence-electron chi connectivity index (χ1n) is 8.48. The average Bonchev–Trinajstić information content (AvgIpc) is 3.01. The zero-order valence-electron chi connectivity index (χ0n) is 15.6. The molecule has 0 radical (unpaired) electrons. The number of fused-ring (bicyclic) bond motifs is 1. The van der Waals surface area contributed by atoms with Crippen LogP contribution in [-0.4, -0.2) is 17.1 Å². The molecule has 0 amide bonds. The molecule has 3 aromatic rings. The smallest absolute Gasteiger partial charge is 0.308 e. The highest BCUT2D eigenvalue weighted by Gasteiger charge is 2.27. The molecule has 0 fully saturated rings. The van der Waals surface area contributed by atoms with Crippen molar-refractivity contribution in [1.29, 1.82) is 0 Å². The summed E-state index contributed by atoms with van der Waals surface area (Å²) in [7, 11) is 0. The molecular weight excluding hydrogens is 405 g/mol. The number of rotatable bonds is 4. The van der Waals surface area contributed by atoms with Crippen molar-refractivity contribution in [1.82, 2.24) is 5.16 Å². The molecule has 2 aromatic carbocycles. The van der Waals surface area contributed by atoms with Gasteiger partial charge in [-0.2, -0.15) is 0 Å². The molecule has 6 nitrogen and oxygen atoms in total. The number of nitrogens with zero attached hydrogens (tertiary/aromatic N) is 1. The summed E-state index contributed by atoms with van der Waals surface area (Å²) in [4.78, 5) is 23.4. The third-order valence-electron chi connectivity index (χ3n) is 4.01. The predicted molar refractivity (Wildman–Crippen MR) is 106 cm³/mol. The van der Waals surface area contributed by atoms with Gasteiger partial charge in [-0.3, -0.25) is 9.59 Å². The van der Waals surface area contributed by atoms with Crippen LogP contribution in [0.4, 0.5) is 0 Å². The molecule has 0 bridgehead atoms. The summed E-state index contributed by atoms with van der Waals surface area (Å²) in [6.45, 7) is 6.40. The number of esters is 2.